The Kier molecular flexibility index (Phi) is 3.10. The van der Waals surface area contributed by atoms with E-state index in [0.29, 0.717) is 11.8 Å². The number of piperidine rings is 1. The van der Waals surface area contributed by atoms with Gasteiger partial charge in [-0.2, -0.15) is 5.10 Å². The lowest BCUT2D eigenvalue weighted by atomic mass is 9.89. The Morgan fingerprint density at radius 2 is 2.07 bits per heavy atom. The van der Waals surface area contributed by atoms with Crippen molar-refractivity contribution in [3.05, 3.63) is 17.5 Å². The van der Waals surface area contributed by atoms with Crippen LogP contribution in [0, 0.1) is 0 Å². The van der Waals surface area contributed by atoms with Crippen LogP contribution in [0.3, 0.4) is 0 Å². The van der Waals surface area contributed by atoms with Crippen molar-refractivity contribution >= 4 is 0 Å². The molecule has 1 N–H and O–H groups in total. The van der Waals surface area contributed by atoms with Gasteiger partial charge in [-0.25, -0.2) is 0 Å². The number of hydrogen-bond acceptors (Lipinski definition) is 2. The fourth-order valence-corrected chi connectivity index (χ4v) is 2.38. The van der Waals surface area contributed by atoms with Crippen molar-refractivity contribution in [3.8, 4) is 0 Å². The summed E-state index contributed by atoms with van der Waals surface area (Å²) in [6, 6.07) is 0. The summed E-state index contributed by atoms with van der Waals surface area (Å²) in [5.74, 6) is 1.26. The predicted octanol–water partition coefficient (Wildman–Crippen LogP) is 2.01. The zero-order valence-corrected chi connectivity index (χ0v) is 9.95. The van der Waals surface area contributed by atoms with Crippen LogP contribution in [0.15, 0.2) is 6.20 Å². The number of aromatic nitrogens is 2. The van der Waals surface area contributed by atoms with Gasteiger partial charge >= 0.3 is 0 Å². The van der Waals surface area contributed by atoms with E-state index in [1.54, 1.807) is 0 Å². The molecule has 1 fully saturated rings. The molecule has 0 spiro atoms. The largest absolute Gasteiger partial charge is 0.317 e. The van der Waals surface area contributed by atoms with Crippen LogP contribution in [0.2, 0.25) is 0 Å². The molecular formula is C12H21N3. The second-order valence-electron chi connectivity index (χ2n) is 4.82. The van der Waals surface area contributed by atoms with Crippen LogP contribution >= 0.6 is 0 Å². The number of nitrogens with zero attached hydrogens (tertiary/aromatic N) is 2. The van der Waals surface area contributed by atoms with E-state index in [1.165, 1.54) is 24.1 Å². The third kappa shape index (κ3) is 2.23. The van der Waals surface area contributed by atoms with Gasteiger partial charge < -0.3 is 5.32 Å². The van der Waals surface area contributed by atoms with Crippen LogP contribution in [0.25, 0.3) is 0 Å². The number of aryl methyl sites for hydroxylation is 1. The molecule has 1 aliphatic rings. The molecule has 0 radical (unpaired) electrons. The van der Waals surface area contributed by atoms with Crippen LogP contribution in [-0.4, -0.2) is 22.9 Å². The summed E-state index contributed by atoms with van der Waals surface area (Å²) in [6.07, 6.45) is 4.65. The van der Waals surface area contributed by atoms with E-state index in [4.69, 9.17) is 0 Å². The summed E-state index contributed by atoms with van der Waals surface area (Å²) in [5.41, 5.74) is 2.78. The zero-order valence-electron chi connectivity index (χ0n) is 9.95. The van der Waals surface area contributed by atoms with Gasteiger partial charge in [0.1, 0.15) is 0 Å². The third-order valence-electron chi connectivity index (χ3n) is 3.24. The molecule has 3 nitrogen and oxygen atoms in total. The molecule has 0 bridgehead atoms. The van der Waals surface area contributed by atoms with E-state index in [9.17, 15) is 0 Å². The smallest absolute Gasteiger partial charge is 0.0690 e. The first kappa shape index (κ1) is 10.7. The zero-order chi connectivity index (χ0) is 10.8. The monoisotopic (exact) mass is 207 g/mol. The minimum Gasteiger partial charge on any atom is -0.317 e. The standard InChI is InChI=1S/C12H21N3/c1-9(2)11-8-15(3)14-12(11)10-4-6-13-7-5-10/h8-10,13H,4-7H2,1-3H3. The molecule has 84 valence electrons. The second kappa shape index (κ2) is 4.35. The molecule has 2 rings (SSSR count). The van der Waals surface area contributed by atoms with E-state index in [1.807, 2.05) is 11.7 Å². The van der Waals surface area contributed by atoms with E-state index in [-0.39, 0.29) is 0 Å². The SMILES string of the molecule is CC(C)c1cn(C)nc1C1CCNCC1. The molecule has 0 amide bonds. The molecule has 1 aromatic rings. The van der Waals surface area contributed by atoms with Gasteiger partial charge in [-0.3, -0.25) is 4.68 Å². The number of hydrogen-bond donors (Lipinski definition) is 1. The van der Waals surface area contributed by atoms with Crippen molar-refractivity contribution in [2.75, 3.05) is 13.1 Å². The van der Waals surface area contributed by atoms with Crippen LogP contribution < -0.4 is 5.32 Å². The van der Waals surface area contributed by atoms with Crippen LogP contribution in [0.5, 0.6) is 0 Å². The molecule has 0 aromatic carbocycles. The third-order valence-corrected chi connectivity index (χ3v) is 3.24. The van der Waals surface area contributed by atoms with Crippen molar-refractivity contribution in [2.24, 2.45) is 7.05 Å². The van der Waals surface area contributed by atoms with Crippen LogP contribution in [-0.2, 0) is 7.05 Å². The van der Waals surface area contributed by atoms with Gasteiger partial charge in [-0.05, 0) is 37.4 Å². The minimum absolute atomic E-state index is 0.587. The van der Waals surface area contributed by atoms with Gasteiger partial charge in [-0.15, -0.1) is 0 Å². The Morgan fingerprint density at radius 3 is 2.67 bits per heavy atom. The predicted molar refractivity (Wildman–Crippen MR) is 62.1 cm³/mol. The van der Waals surface area contributed by atoms with E-state index >= 15 is 0 Å². The van der Waals surface area contributed by atoms with Crippen molar-refractivity contribution < 1.29 is 0 Å². The fraction of sp³-hybridized carbons (Fsp3) is 0.750. The second-order valence-corrected chi connectivity index (χ2v) is 4.82. The van der Waals surface area contributed by atoms with E-state index in [2.05, 4.69) is 30.5 Å². The van der Waals surface area contributed by atoms with Gasteiger partial charge in [0.15, 0.2) is 0 Å². The molecule has 1 aliphatic heterocycles. The maximum absolute atomic E-state index is 4.64. The molecular weight excluding hydrogens is 186 g/mol. The number of rotatable bonds is 2. The molecule has 3 heteroatoms. The topological polar surface area (TPSA) is 29.9 Å². The van der Waals surface area contributed by atoms with Crippen molar-refractivity contribution in [2.45, 2.75) is 38.5 Å². The summed E-state index contributed by atoms with van der Waals surface area (Å²) < 4.78 is 1.96. The lowest BCUT2D eigenvalue weighted by molar-refractivity contribution is 0.447. The summed E-state index contributed by atoms with van der Waals surface area (Å²) in [7, 11) is 2.02. The highest BCUT2D eigenvalue weighted by Crippen LogP contribution is 2.30. The van der Waals surface area contributed by atoms with Gasteiger partial charge in [0.2, 0.25) is 0 Å². The van der Waals surface area contributed by atoms with Crippen molar-refractivity contribution in [1.29, 1.82) is 0 Å². The first-order valence-electron chi connectivity index (χ1n) is 5.92. The average Bonchev–Trinajstić information content (AvgIpc) is 2.62. The molecule has 0 aliphatic carbocycles. The molecule has 1 saturated heterocycles. The van der Waals surface area contributed by atoms with Crippen molar-refractivity contribution in [1.82, 2.24) is 15.1 Å². The average molecular weight is 207 g/mol. The summed E-state index contributed by atoms with van der Waals surface area (Å²) in [5, 5.41) is 8.05. The Hall–Kier alpha value is -0.830. The van der Waals surface area contributed by atoms with Gasteiger partial charge in [0.05, 0.1) is 5.69 Å². The minimum atomic E-state index is 0.587. The summed E-state index contributed by atoms with van der Waals surface area (Å²) in [6.45, 7) is 6.78. The highest BCUT2D eigenvalue weighted by molar-refractivity contribution is 5.24. The molecule has 15 heavy (non-hydrogen) atoms. The van der Waals surface area contributed by atoms with Crippen molar-refractivity contribution in [3.63, 3.8) is 0 Å². The van der Waals surface area contributed by atoms with Gasteiger partial charge in [-0.1, -0.05) is 13.8 Å². The molecule has 2 heterocycles. The molecule has 0 atom stereocenters. The Morgan fingerprint density at radius 1 is 1.40 bits per heavy atom. The summed E-state index contributed by atoms with van der Waals surface area (Å²) in [4.78, 5) is 0. The maximum Gasteiger partial charge on any atom is 0.0690 e. The van der Waals surface area contributed by atoms with Gasteiger partial charge in [0.25, 0.3) is 0 Å². The Bertz CT molecular complexity index is 322. The van der Waals surface area contributed by atoms with Gasteiger partial charge in [0, 0.05) is 19.2 Å². The summed E-state index contributed by atoms with van der Waals surface area (Å²) >= 11 is 0. The molecule has 1 aromatic heterocycles. The lowest BCUT2D eigenvalue weighted by Crippen LogP contribution is -2.27. The Labute approximate surface area is 91.9 Å². The highest BCUT2D eigenvalue weighted by Gasteiger charge is 2.22. The molecule has 0 saturated carbocycles. The van der Waals surface area contributed by atoms with E-state index in [0.717, 1.165) is 13.1 Å². The molecule has 0 unspecified atom stereocenters. The highest BCUT2D eigenvalue weighted by atomic mass is 15.3. The maximum atomic E-state index is 4.64. The fourth-order valence-electron chi connectivity index (χ4n) is 2.38. The first-order chi connectivity index (χ1) is 7.18. The Balaban J connectivity index is 2.25. The van der Waals surface area contributed by atoms with Crippen LogP contribution in [0.4, 0.5) is 0 Å². The normalized spacial score (nSPS) is 18.7. The first-order valence-corrected chi connectivity index (χ1v) is 5.92. The van der Waals surface area contributed by atoms with Crippen LogP contribution in [0.1, 0.15) is 49.8 Å². The lowest BCUT2D eigenvalue weighted by Gasteiger charge is -2.22. The quantitative estimate of drug-likeness (QED) is 0.804. The number of nitrogens with one attached hydrogen (secondary N) is 1. The van der Waals surface area contributed by atoms with E-state index < -0.39 is 0 Å².